The number of ether oxygens (including phenoxy) is 1. The molecule has 0 N–H and O–H groups in total. The molecule has 2 aromatic rings. The van der Waals surface area contributed by atoms with Crippen molar-refractivity contribution in [3.8, 4) is 0 Å². The largest absolute Gasteiger partial charge is 0.460 e. The Morgan fingerprint density at radius 2 is 1.96 bits per heavy atom. The Labute approximate surface area is 152 Å². The van der Waals surface area contributed by atoms with Crippen LogP contribution in [0.4, 0.5) is 0 Å². The van der Waals surface area contributed by atoms with Crippen LogP contribution in [0.3, 0.4) is 0 Å². The van der Waals surface area contributed by atoms with E-state index in [0.29, 0.717) is 36.0 Å². The lowest BCUT2D eigenvalue weighted by Crippen LogP contribution is -2.26. The standard InChI is InChI=1S/C22H24O2S/c1-22(2,3)24-17(23)11-15-18-12-8-9-13(10-12)19(18)20-14-6-4-5-7-16(14)25-21(15)20/h4-9,12-13,15,18-19H,10-11H2,1-3H3/t12-,13+,15-,18-,19-/m0/s1. The lowest BCUT2D eigenvalue weighted by molar-refractivity contribution is -0.155. The van der Waals surface area contributed by atoms with Crippen molar-refractivity contribution in [1.82, 2.24) is 0 Å². The Morgan fingerprint density at radius 1 is 1.20 bits per heavy atom. The maximum Gasteiger partial charge on any atom is 0.306 e. The van der Waals surface area contributed by atoms with Crippen LogP contribution in [0.1, 0.15) is 55.9 Å². The highest BCUT2D eigenvalue weighted by Gasteiger charge is 2.55. The van der Waals surface area contributed by atoms with E-state index >= 15 is 0 Å². The van der Waals surface area contributed by atoms with Gasteiger partial charge in [-0.2, -0.15) is 0 Å². The summed E-state index contributed by atoms with van der Waals surface area (Å²) in [5, 5.41) is 1.42. The van der Waals surface area contributed by atoms with Crippen molar-refractivity contribution < 1.29 is 9.53 Å². The molecule has 3 aliphatic carbocycles. The van der Waals surface area contributed by atoms with Gasteiger partial charge in [0.05, 0.1) is 6.42 Å². The molecule has 3 aliphatic rings. The number of rotatable bonds is 2. The molecule has 0 unspecified atom stereocenters. The molecule has 0 aliphatic heterocycles. The third-order valence-electron chi connectivity index (χ3n) is 6.12. The second-order valence-corrected chi connectivity index (χ2v) is 9.91. The average molecular weight is 352 g/mol. The average Bonchev–Trinajstić information content (AvgIpc) is 3.25. The Balaban J connectivity index is 1.57. The van der Waals surface area contributed by atoms with Crippen molar-refractivity contribution >= 4 is 27.4 Å². The fraction of sp³-hybridized carbons (Fsp3) is 0.500. The van der Waals surface area contributed by atoms with Gasteiger partial charge in [-0.15, -0.1) is 11.3 Å². The van der Waals surface area contributed by atoms with Crippen LogP contribution in [0.5, 0.6) is 0 Å². The number of carbonyl (C=O) groups excluding carboxylic acids is 1. The highest BCUT2D eigenvalue weighted by molar-refractivity contribution is 7.19. The van der Waals surface area contributed by atoms with Gasteiger partial charge in [-0.25, -0.2) is 0 Å². The molecule has 1 heterocycles. The topological polar surface area (TPSA) is 26.3 Å². The molecule has 1 aromatic heterocycles. The number of fused-ring (bicyclic) bond motifs is 9. The van der Waals surface area contributed by atoms with Crippen molar-refractivity contribution in [2.24, 2.45) is 17.8 Å². The molecule has 2 nitrogen and oxygen atoms in total. The molecule has 3 heteroatoms. The Hall–Kier alpha value is -1.61. The van der Waals surface area contributed by atoms with Crippen LogP contribution < -0.4 is 0 Å². The molecule has 25 heavy (non-hydrogen) atoms. The van der Waals surface area contributed by atoms with Crippen LogP contribution in [-0.4, -0.2) is 11.6 Å². The Morgan fingerprint density at radius 3 is 2.76 bits per heavy atom. The van der Waals surface area contributed by atoms with Gasteiger partial charge in [0.15, 0.2) is 0 Å². The first-order chi connectivity index (χ1) is 11.9. The lowest BCUT2D eigenvalue weighted by atomic mass is 9.78. The summed E-state index contributed by atoms with van der Waals surface area (Å²) in [6, 6.07) is 8.76. The molecule has 0 radical (unpaired) electrons. The molecule has 0 amide bonds. The predicted octanol–water partition coefficient (Wildman–Crippen LogP) is 5.64. The van der Waals surface area contributed by atoms with Gasteiger partial charge >= 0.3 is 5.97 Å². The second-order valence-electron chi connectivity index (χ2n) is 8.82. The van der Waals surface area contributed by atoms with E-state index in [0.717, 1.165) is 0 Å². The van der Waals surface area contributed by atoms with Crippen molar-refractivity contribution in [2.45, 2.75) is 51.0 Å². The van der Waals surface area contributed by atoms with Crippen molar-refractivity contribution in [3.63, 3.8) is 0 Å². The molecule has 130 valence electrons. The molecule has 5 rings (SSSR count). The summed E-state index contributed by atoms with van der Waals surface area (Å²) in [5.74, 6) is 2.78. The van der Waals surface area contributed by atoms with Crippen molar-refractivity contribution in [3.05, 3.63) is 46.9 Å². The van der Waals surface area contributed by atoms with Crippen LogP contribution in [-0.2, 0) is 9.53 Å². The summed E-state index contributed by atoms with van der Waals surface area (Å²) >= 11 is 1.91. The molecular weight excluding hydrogens is 328 g/mol. The number of thiophene rings is 1. The van der Waals surface area contributed by atoms with E-state index in [1.54, 1.807) is 5.56 Å². The second kappa shape index (κ2) is 5.20. The van der Waals surface area contributed by atoms with E-state index in [4.69, 9.17) is 4.74 Å². The van der Waals surface area contributed by atoms with Crippen LogP contribution in [0.25, 0.3) is 10.1 Å². The fourth-order valence-corrected chi connectivity index (χ4v) is 6.90. The minimum absolute atomic E-state index is 0.0479. The number of carbonyl (C=O) groups is 1. The number of allylic oxidation sites excluding steroid dienone is 2. The van der Waals surface area contributed by atoms with Gasteiger partial charge in [0.1, 0.15) is 5.60 Å². The Kier molecular flexibility index (Phi) is 3.25. The highest BCUT2D eigenvalue weighted by atomic mass is 32.1. The van der Waals surface area contributed by atoms with Gasteiger partial charge in [0.2, 0.25) is 0 Å². The summed E-state index contributed by atoms with van der Waals surface area (Å²) in [4.78, 5) is 14.1. The zero-order valence-electron chi connectivity index (χ0n) is 15.0. The zero-order valence-corrected chi connectivity index (χ0v) is 15.8. The molecule has 1 saturated carbocycles. The lowest BCUT2D eigenvalue weighted by Gasteiger charge is -2.27. The van der Waals surface area contributed by atoms with E-state index in [9.17, 15) is 4.79 Å². The summed E-state index contributed by atoms with van der Waals surface area (Å²) in [6.07, 6.45) is 6.63. The number of benzene rings is 1. The first-order valence-corrected chi connectivity index (χ1v) is 10.2. The van der Waals surface area contributed by atoms with E-state index in [1.165, 1.54) is 21.4 Å². The van der Waals surface area contributed by atoms with Crippen LogP contribution in [0.15, 0.2) is 36.4 Å². The van der Waals surface area contributed by atoms with Gasteiger partial charge in [0, 0.05) is 15.5 Å². The highest BCUT2D eigenvalue weighted by Crippen LogP contribution is 2.66. The summed E-state index contributed by atoms with van der Waals surface area (Å²) in [7, 11) is 0. The normalized spacial score (nSPS) is 32.2. The van der Waals surface area contributed by atoms with Gasteiger partial charge in [0.25, 0.3) is 0 Å². The van der Waals surface area contributed by atoms with E-state index < -0.39 is 5.60 Å². The van der Waals surface area contributed by atoms with E-state index in [2.05, 4.69) is 36.4 Å². The number of hydrogen-bond donors (Lipinski definition) is 0. The summed E-state index contributed by atoms with van der Waals surface area (Å²) in [6.45, 7) is 5.86. The zero-order chi connectivity index (χ0) is 17.3. The van der Waals surface area contributed by atoms with Gasteiger partial charge in [-0.05, 0) is 67.9 Å². The maximum absolute atomic E-state index is 12.6. The molecule has 0 saturated heterocycles. The first-order valence-electron chi connectivity index (χ1n) is 9.34. The van der Waals surface area contributed by atoms with E-state index in [-0.39, 0.29) is 5.97 Å². The summed E-state index contributed by atoms with van der Waals surface area (Å²) < 4.78 is 7.03. The van der Waals surface area contributed by atoms with Crippen molar-refractivity contribution in [1.29, 1.82) is 0 Å². The minimum Gasteiger partial charge on any atom is -0.460 e. The third kappa shape index (κ3) is 2.32. The van der Waals surface area contributed by atoms with Crippen LogP contribution in [0, 0.1) is 17.8 Å². The van der Waals surface area contributed by atoms with Gasteiger partial charge in [-0.1, -0.05) is 30.4 Å². The van der Waals surface area contributed by atoms with Crippen molar-refractivity contribution in [2.75, 3.05) is 0 Å². The number of hydrogen-bond acceptors (Lipinski definition) is 3. The molecule has 0 spiro atoms. The Bertz CT molecular complexity index is 885. The third-order valence-corrected chi connectivity index (χ3v) is 7.44. The first kappa shape index (κ1) is 15.6. The predicted molar refractivity (Wildman–Crippen MR) is 102 cm³/mol. The fourth-order valence-electron chi connectivity index (χ4n) is 5.49. The van der Waals surface area contributed by atoms with Crippen LogP contribution >= 0.6 is 11.3 Å². The number of esters is 1. The molecule has 1 aromatic carbocycles. The van der Waals surface area contributed by atoms with Gasteiger partial charge < -0.3 is 4.74 Å². The molecule has 2 bridgehead atoms. The monoisotopic (exact) mass is 352 g/mol. The SMILES string of the molecule is CC(C)(C)OC(=O)C[C@@H]1c2sc3ccccc3c2[C@@H]2[C@H]1[C@H]1C=C[C@@H]2C1. The maximum atomic E-state index is 12.6. The molecule has 1 fully saturated rings. The van der Waals surface area contributed by atoms with Gasteiger partial charge in [-0.3, -0.25) is 4.79 Å². The quantitative estimate of drug-likeness (QED) is 0.517. The molecular formula is C22H24O2S. The molecule has 5 atom stereocenters. The summed E-state index contributed by atoms with van der Waals surface area (Å²) in [5.41, 5.74) is 1.14. The smallest absolute Gasteiger partial charge is 0.306 e. The van der Waals surface area contributed by atoms with Crippen LogP contribution in [0.2, 0.25) is 0 Å². The minimum atomic E-state index is -0.410. The van der Waals surface area contributed by atoms with E-state index in [1.807, 2.05) is 32.1 Å².